The molecule has 0 N–H and O–H groups in total. The molecule has 100 valence electrons. The van der Waals surface area contributed by atoms with Crippen LogP contribution < -0.4 is 4.90 Å². The summed E-state index contributed by atoms with van der Waals surface area (Å²) < 4.78 is 5.77. The van der Waals surface area contributed by atoms with Crippen LogP contribution in [0.15, 0.2) is 40.9 Å². The van der Waals surface area contributed by atoms with Crippen LogP contribution >= 0.6 is 0 Å². The van der Waals surface area contributed by atoms with Gasteiger partial charge in [-0.25, -0.2) is 4.98 Å². The molecule has 2 aromatic rings. The zero-order valence-corrected chi connectivity index (χ0v) is 11.5. The molecule has 4 nitrogen and oxygen atoms in total. The van der Waals surface area contributed by atoms with E-state index in [0.717, 1.165) is 11.8 Å². The molecule has 0 saturated carbocycles. The summed E-state index contributed by atoms with van der Waals surface area (Å²) in [4.78, 5) is 17.3. The molecule has 1 aromatic heterocycles. The van der Waals surface area contributed by atoms with Crippen LogP contribution in [-0.4, -0.2) is 23.4 Å². The first-order chi connectivity index (χ1) is 9.08. The SMILES string of the molecule is CCN(c1ncc(-c2ccccc2)o1)C(C)(C)C=O. The summed E-state index contributed by atoms with van der Waals surface area (Å²) in [5.74, 6) is 0.704. The van der Waals surface area contributed by atoms with E-state index in [0.29, 0.717) is 18.3 Å². The maximum atomic E-state index is 11.2. The van der Waals surface area contributed by atoms with Crippen molar-refractivity contribution in [3.63, 3.8) is 0 Å². The highest BCUT2D eigenvalue weighted by atomic mass is 16.4. The van der Waals surface area contributed by atoms with Gasteiger partial charge in [0.25, 0.3) is 6.01 Å². The van der Waals surface area contributed by atoms with Crippen LogP contribution in [0.3, 0.4) is 0 Å². The molecular formula is C15H18N2O2. The number of carbonyl (C=O) groups excluding carboxylic acids is 1. The Balaban J connectivity index is 2.33. The largest absolute Gasteiger partial charge is 0.423 e. The van der Waals surface area contributed by atoms with E-state index >= 15 is 0 Å². The second kappa shape index (κ2) is 5.26. The molecule has 0 amide bonds. The predicted octanol–water partition coefficient (Wildman–Crippen LogP) is 3.15. The number of oxazole rings is 1. The Morgan fingerprint density at radius 3 is 2.58 bits per heavy atom. The number of anilines is 1. The minimum absolute atomic E-state index is 0.471. The molecule has 0 saturated heterocycles. The van der Waals surface area contributed by atoms with Crippen LogP contribution in [0.5, 0.6) is 0 Å². The standard InChI is InChI=1S/C15H18N2O2/c1-4-17(15(2,3)11-18)14-16-10-13(19-14)12-8-6-5-7-9-12/h5-11H,4H2,1-3H3. The number of rotatable bonds is 5. The van der Waals surface area contributed by atoms with Gasteiger partial charge in [-0.05, 0) is 20.8 Å². The van der Waals surface area contributed by atoms with Crippen LogP contribution in [0.1, 0.15) is 20.8 Å². The van der Waals surface area contributed by atoms with Gasteiger partial charge in [-0.15, -0.1) is 0 Å². The minimum atomic E-state index is -0.631. The molecule has 0 aliphatic rings. The van der Waals surface area contributed by atoms with Crippen molar-refractivity contribution in [1.29, 1.82) is 0 Å². The Hall–Kier alpha value is -2.10. The summed E-state index contributed by atoms with van der Waals surface area (Å²) in [5, 5.41) is 0. The number of hydrogen-bond donors (Lipinski definition) is 0. The normalized spacial score (nSPS) is 11.3. The van der Waals surface area contributed by atoms with Crippen molar-refractivity contribution in [2.45, 2.75) is 26.3 Å². The summed E-state index contributed by atoms with van der Waals surface area (Å²) in [7, 11) is 0. The first kappa shape index (κ1) is 13.3. The number of likely N-dealkylation sites (N-methyl/N-ethyl adjacent to an activating group) is 1. The number of aldehydes is 1. The lowest BCUT2D eigenvalue weighted by atomic mass is 10.1. The molecule has 0 radical (unpaired) electrons. The predicted molar refractivity (Wildman–Crippen MR) is 75.1 cm³/mol. The molecule has 0 fully saturated rings. The van der Waals surface area contributed by atoms with Crippen molar-refractivity contribution < 1.29 is 9.21 Å². The summed E-state index contributed by atoms with van der Waals surface area (Å²) in [6, 6.07) is 10.2. The van der Waals surface area contributed by atoms with Crippen molar-refractivity contribution >= 4 is 12.3 Å². The van der Waals surface area contributed by atoms with Crippen LogP contribution in [0, 0.1) is 0 Å². The van der Waals surface area contributed by atoms with Gasteiger partial charge in [-0.1, -0.05) is 30.3 Å². The first-order valence-corrected chi connectivity index (χ1v) is 6.33. The molecule has 19 heavy (non-hydrogen) atoms. The van der Waals surface area contributed by atoms with Crippen molar-refractivity contribution in [3.05, 3.63) is 36.5 Å². The molecule has 0 aliphatic heterocycles. The monoisotopic (exact) mass is 258 g/mol. The number of carbonyl (C=O) groups is 1. The lowest BCUT2D eigenvalue weighted by Gasteiger charge is -2.31. The van der Waals surface area contributed by atoms with E-state index in [1.807, 2.05) is 56.0 Å². The maximum absolute atomic E-state index is 11.2. The highest BCUT2D eigenvalue weighted by Gasteiger charge is 2.28. The Morgan fingerprint density at radius 1 is 1.32 bits per heavy atom. The van der Waals surface area contributed by atoms with Crippen molar-refractivity contribution in [3.8, 4) is 11.3 Å². The van der Waals surface area contributed by atoms with Gasteiger partial charge in [0.05, 0.1) is 11.7 Å². The number of nitrogens with zero attached hydrogens (tertiary/aromatic N) is 2. The van der Waals surface area contributed by atoms with Crippen molar-refractivity contribution in [2.24, 2.45) is 0 Å². The second-order valence-electron chi connectivity index (χ2n) is 4.89. The fourth-order valence-electron chi connectivity index (χ4n) is 1.98. The summed E-state index contributed by atoms with van der Waals surface area (Å²) >= 11 is 0. The Bertz CT molecular complexity index is 546. The molecular weight excluding hydrogens is 240 g/mol. The highest BCUT2D eigenvalue weighted by Crippen LogP contribution is 2.27. The minimum Gasteiger partial charge on any atom is -0.423 e. The summed E-state index contributed by atoms with van der Waals surface area (Å²) in [6.45, 7) is 6.31. The van der Waals surface area contributed by atoms with Crippen molar-refractivity contribution in [1.82, 2.24) is 4.98 Å². The van der Waals surface area contributed by atoms with E-state index < -0.39 is 5.54 Å². The zero-order valence-electron chi connectivity index (χ0n) is 11.5. The number of hydrogen-bond acceptors (Lipinski definition) is 4. The van der Waals surface area contributed by atoms with E-state index in [9.17, 15) is 4.79 Å². The average molecular weight is 258 g/mol. The molecule has 0 bridgehead atoms. The highest BCUT2D eigenvalue weighted by molar-refractivity contribution is 5.69. The number of aromatic nitrogens is 1. The first-order valence-electron chi connectivity index (χ1n) is 6.33. The molecule has 1 aromatic carbocycles. The van der Waals surface area contributed by atoms with Gasteiger partial charge >= 0.3 is 0 Å². The van der Waals surface area contributed by atoms with E-state index in [-0.39, 0.29) is 0 Å². The van der Waals surface area contributed by atoms with E-state index in [4.69, 9.17) is 4.42 Å². The van der Waals surface area contributed by atoms with Crippen LogP contribution in [0.25, 0.3) is 11.3 Å². The fraction of sp³-hybridized carbons (Fsp3) is 0.333. The molecule has 1 heterocycles. The lowest BCUT2D eigenvalue weighted by molar-refractivity contribution is -0.111. The van der Waals surface area contributed by atoms with Gasteiger partial charge in [-0.2, -0.15) is 0 Å². The van der Waals surface area contributed by atoms with Gasteiger partial charge in [-0.3, -0.25) is 0 Å². The Morgan fingerprint density at radius 2 is 2.00 bits per heavy atom. The van der Waals surface area contributed by atoms with Gasteiger partial charge in [0.2, 0.25) is 0 Å². The molecule has 0 atom stereocenters. The lowest BCUT2D eigenvalue weighted by Crippen LogP contribution is -2.45. The molecule has 0 aliphatic carbocycles. The van der Waals surface area contributed by atoms with Gasteiger partial charge in [0.15, 0.2) is 5.76 Å². The molecule has 4 heteroatoms. The van der Waals surface area contributed by atoms with E-state index in [1.54, 1.807) is 6.20 Å². The Kier molecular flexibility index (Phi) is 3.69. The molecule has 0 unspecified atom stereocenters. The smallest absolute Gasteiger partial charge is 0.298 e. The van der Waals surface area contributed by atoms with Crippen molar-refractivity contribution in [2.75, 3.05) is 11.4 Å². The average Bonchev–Trinajstić information content (AvgIpc) is 2.90. The summed E-state index contributed by atoms with van der Waals surface area (Å²) in [6.07, 6.45) is 2.59. The molecule has 0 spiro atoms. The third-order valence-corrected chi connectivity index (χ3v) is 3.08. The topological polar surface area (TPSA) is 46.3 Å². The van der Waals surface area contributed by atoms with Crippen LogP contribution in [-0.2, 0) is 4.79 Å². The number of benzene rings is 1. The fourth-order valence-corrected chi connectivity index (χ4v) is 1.98. The van der Waals surface area contributed by atoms with Gasteiger partial charge in [0, 0.05) is 12.1 Å². The molecule has 2 rings (SSSR count). The van der Waals surface area contributed by atoms with Crippen LogP contribution in [0.4, 0.5) is 6.01 Å². The third-order valence-electron chi connectivity index (χ3n) is 3.08. The van der Waals surface area contributed by atoms with Gasteiger partial charge < -0.3 is 14.1 Å². The third kappa shape index (κ3) is 2.67. The van der Waals surface area contributed by atoms with Gasteiger partial charge in [0.1, 0.15) is 6.29 Å². The zero-order chi connectivity index (χ0) is 13.9. The van der Waals surface area contributed by atoms with E-state index in [2.05, 4.69) is 4.98 Å². The summed E-state index contributed by atoms with van der Waals surface area (Å²) in [5.41, 5.74) is 0.342. The Labute approximate surface area is 113 Å². The quantitative estimate of drug-likeness (QED) is 0.773. The second-order valence-corrected chi connectivity index (χ2v) is 4.89. The maximum Gasteiger partial charge on any atom is 0.298 e. The van der Waals surface area contributed by atoms with E-state index in [1.165, 1.54) is 0 Å². The van der Waals surface area contributed by atoms with Crippen LogP contribution in [0.2, 0.25) is 0 Å².